The maximum Gasteiger partial charge on any atom is 0.338 e. The Hall–Kier alpha value is -1.68. The number of benzene rings is 1. The molecule has 0 spiro atoms. The van der Waals surface area contributed by atoms with Gasteiger partial charge in [0.2, 0.25) is 0 Å². The minimum absolute atomic E-state index is 0.305. The van der Waals surface area contributed by atoms with Gasteiger partial charge in [-0.25, -0.2) is 9.18 Å². The van der Waals surface area contributed by atoms with Crippen LogP contribution in [0, 0.1) is 5.82 Å². The average molecular weight is 251 g/mol. The van der Waals surface area contributed by atoms with Crippen LogP contribution in [0.3, 0.4) is 0 Å². The van der Waals surface area contributed by atoms with Crippen LogP contribution in [0.4, 0.5) is 4.39 Å². The fourth-order valence-corrected chi connectivity index (χ4v) is 1.50. The highest BCUT2D eigenvalue weighted by Crippen LogP contribution is 2.15. The van der Waals surface area contributed by atoms with E-state index in [0.717, 1.165) is 13.0 Å². The van der Waals surface area contributed by atoms with E-state index in [2.05, 4.69) is 5.32 Å². The Labute approximate surface area is 107 Å². The van der Waals surface area contributed by atoms with Gasteiger partial charge in [-0.3, -0.25) is 0 Å². The summed E-state index contributed by atoms with van der Waals surface area (Å²) in [5.74, 6) is -0.790. The molecule has 0 aliphatic rings. The first kappa shape index (κ1) is 14.4. The van der Waals surface area contributed by atoms with Crippen molar-refractivity contribution in [2.24, 2.45) is 0 Å². The van der Waals surface area contributed by atoms with Crippen LogP contribution in [0.25, 0.3) is 6.08 Å². The van der Waals surface area contributed by atoms with Gasteiger partial charge >= 0.3 is 5.97 Å². The molecule has 0 saturated carbocycles. The van der Waals surface area contributed by atoms with Crippen molar-refractivity contribution in [1.29, 1.82) is 0 Å². The van der Waals surface area contributed by atoms with Crippen LogP contribution in [-0.4, -0.2) is 26.2 Å². The molecular weight excluding hydrogens is 233 g/mol. The summed E-state index contributed by atoms with van der Waals surface area (Å²) >= 11 is 0. The van der Waals surface area contributed by atoms with E-state index in [-0.39, 0.29) is 5.82 Å². The molecule has 1 N–H and O–H groups in total. The zero-order valence-electron chi connectivity index (χ0n) is 10.7. The van der Waals surface area contributed by atoms with Crippen LogP contribution in [0.2, 0.25) is 0 Å². The van der Waals surface area contributed by atoms with Crippen molar-refractivity contribution >= 4 is 12.0 Å². The van der Waals surface area contributed by atoms with Gasteiger partial charge in [0.25, 0.3) is 0 Å². The van der Waals surface area contributed by atoms with Gasteiger partial charge in [0.1, 0.15) is 5.82 Å². The largest absolute Gasteiger partial charge is 0.462 e. The van der Waals surface area contributed by atoms with Crippen LogP contribution in [0.5, 0.6) is 0 Å². The molecule has 0 heterocycles. The third-order valence-corrected chi connectivity index (χ3v) is 2.37. The SMILES string of the molecule is CCOC(=O)c1ccc(F)cc1C=CCCNC. The lowest BCUT2D eigenvalue weighted by Gasteiger charge is -2.05. The van der Waals surface area contributed by atoms with E-state index in [0.29, 0.717) is 17.7 Å². The molecule has 1 rings (SSSR count). The number of esters is 1. The summed E-state index contributed by atoms with van der Waals surface area (Å²) in [5, 5.41) is 3.01. The van der Waals surface area contributed by atoms with Crippen molar-refractivity contribution in [2.75, 3.05) is 20.2 Å². The fourth-order valence-electron chi connectivity index (χ4n) is 1.50. The number of halogens is 1. The van der Waals surface area contributed by atoms with Crippen molar-refractivity contribution < 1.29 is 13.9 Å². The van der Waals surface area contributed by atoms with E-state index in [1.165, 1.54) is 18.2 Å². The van der Waals surface area contributed by atoms with E-state index >= 15 is 0 Å². The third kappa shape index (κ3) is 4.30. The maximum atomic E-state index is 13.2. The summed E-state index contributed by atoms with van der Waals surface area (Å²) in [7, 11) is 1.86. The van der Waals surface area contributed by atoms with Crippen molar-refractivity contribution in [3.05, 3.63) is 41.2 Å². The molecule has 98 valence electrons. The van der Waals surface area contributed by atoms with E-state index < -0.39 is 5.97 Å². The highest BCUT2D eigenvalue weighted by Gasteiger charge is 2.11. The Morgan fingerprint density at radius 1 is 1.50 bits per heavy atom. The molecule has 0 radical (unpaired) electrons. The second-order valence-electron chi connectivity index (χ2n) is 3.75. The highest BCUT2D eigenvalue weighted by atomic mass is 19.1. The molecule has 0 aliphatic carbocycles. The Balaban J connectivity index is 2.89. The molecule has 3 nitrogen and oxygen atoms in total. The molecule has 0 aromatic heterocycles. The van der Waals surface area contributed by atoms with Gasteiger partial charge in [0.05, 0.1) is 12.2 Å². The van der Waals surface area contributed by atoms with Gasteiger partial charge in [0, 0.05) is 0 Å². The normalized spacial score (nSPS) is 10.8. The van der Waals surface area contributed by atoms with Crippen LogP contribution in [0.15, 0.2) is 24.3 Å². The maximum absolute atomic E-state index is 13.2. The number of hydrogen-bond donors (Lipinski definition) is 1. The number of ether oxygens (including phenoxy) is 1. The van der Waals surface area contributed by atoms with Gasteiger partial charge in [-0.15, -0.1) is 0 Å². The lowest BCUT2D eigenvalue weighted by Crippen LogP contribution is -2.07. The van der Waals surface area contributed by atoms with Gasteiger partial charge in [0.15, 0.2) is 0 Å². The molecule has 0 saturated heterocycles. The Bertz CT molecular complexity index is 430. The van der Waals surface area contributed by atoms with Crippen LogP contribution in [0.1, 0.15) is 29.3 Å². The molecule has 0 fully saturated rings. The van der Waals surface area contributed by atoms with Crippen molar-refractivity contribution in [3.8, 4) is 0 Å². The molecule has 0 amide bonds. The summed E-state index contributed by atoms with van der Waals surface area (Å²) in [6, 6.07) is 4.05. The average Bonchev–Trinajstić information content (AvgIpc) is 2.35. The van der Waals surface area contributed by atoms with Gasteiger partial charge < -0.3 is 10.1 Å². The smallest absolute Gasteiger partial charge is 0.338 e. The first-order valence-electron chi connectivity index (χ1n) is 5.96. The lowest BCUT2D eigenvalue weighted by atomic mass is 10.1. The van der Waals surface area contributed by atoms with Crippen LogP contribution >= 0.6 is 0 Å². The predicted octanol–water partition coefficient (Wildman–Crippen LogP) is 2.63. The number of hydrogen-bond acceptors (Lipinski definition) is 3. The molecular formula is C14H18FNO2. The zero-order chi connectivity index (χ0) is 13.4. The predicted molar refractivity (Wildman–Crippen MR) is 69.9 cm³/mol. The molecule has 1 aromatic rings. The van der Waals surface area contributed by atoms with Crippen molar-refractivity contribution in [3.63, 3.8) is 0 Å². The first-order valence-corrected chi connectivity index (χ1v) is 5.96. The Morgan fingerprint density at radius 3 is 2.94 bits per heavy atom. The second kappa shape index (κ2) is 7.61. The zero-order valence-corrected chi connectivity index (χ0v) is 10.7. The lowest BCUT2D eigenvalue weighted by molar-refractivity contribution is 0.0526. The molecule has 4 heteroatoms. The van der Waals surface area contributed by atoms with Gasteiger partial charge in [-0.2, -0.15) is 0 Å². The summed E-state index contributed by atoms with van der Waals surface area (Å²) in [6.07, 6.45) is 4.45. The number of rotatable bonds is 6. The van der Waals surface area contributed by atoms with E-state index in [4.69, 9.17) is 4.74 Å². The first-order chi connectivity index (χ1) is 8.69. The Kier molecular flexibility index (Phi) is 6.08. The minimum Gasteiger partial charge on any atom is -0.462 e. The monoisotopic (exact) mass is 251 g/mol. The van der Waals surface area contributed by atoms with Crippen LogP contribution < -0.4 is 5.32 Å². The third-order valence-electron chi connectivity index (χ3n) is 2.37. The topological polar surface area (TPSA) is 38.3 Å². The Morgan fingerprint density at radius 2 is 2.28 bits per heavy atom. The number of carbonyl (C=O) groups is 1. The fraction of sp³-hybridized carbons (Fsp3) is 0.357. The van der Waals surface area contributed by atoms with E-state index in [1.807, 2.05) is 13.1 Å². The summed E-state index contributed by atoms with van der Waals surface area (Å²) in [4.78, 5) is 11.7. The molecule has 1 aromatic carbocycles. The summed E-state index contributed by atoms with van der Waals surface area (Å²) < 4.78 is 18.1. The van der Waals surface area contributed by atoms with E-state index in [1.54, 1.807) is 13.0 Å². The molecule has 0 atom stereocenters. The van der Waals surface area contributed by atoms with Crippen LogP contribution in [-0.2, 0) is 4.74 Å². The second-order valence-corrected chi connectivity index (χ2v) is 3.75. The van der Waals surface area contributed by atoms with E-state index in [9.17, 15) is 9.18 Å². The standard InChI is InChI=1S/C14H18FNO2/c1-3-18-14(17)13-8-7-12(15)10-11(13)6-4-5-9-16-2/h4,6-8,10,16H,3,5,9H2,1-2H3. The summed E-state index contributed by atoms with van der Waals surface area (Å²) in [5.41, 5.74) is 0.934. The molecule has 0 aliphatic heterocycles. The highest BCUT2D eigenvalue weighted by molar-refractivity contribution is 5.93. The quantitative estimate of drug-likeness (QED) is 0.624. The van der Waals surface area contributed by atoms with Gasteiger partial charge in [-0.05, 0) is 50.7 Å². The van der Waals surface area contributed by atoms with Crippen molar-refractivity contribution in [2.45, 2.75) is 13.3 Å². The molecule has 0 bridgehead atoms. The number of carbonyl (C=O) groups excluding carboxylic acids is 1. The molecule has 18 heavy (non-hydrogen) atoms. The number of nitrogens with one attached hydrogen (secondary N) is 1. The van der Waals surface area contributed by atoms with Gasteiger partial charge in [-0.1, -0.05) is 12.2 Å². The minimum atomic E-state index is -0.425. The van der Waals surface area contributed by atoms with Crippen molar-refractivity contribution in [1.82, 2.24) is 5.32 Å². The summed E-state index contributed by atoms with van der Waals surface area (Å²) in [6.45, 7) is 2.88. The molecule has 0 unspecified atom stereocenters.